The van der Waals surface area contributed by atoms with Gasteiger partial charge in [-0.3, -0.25) is 4.90 Å². The molecule has 1 saturated heterocycles. The largest absolute Gasteiger partial charge is 0.370 e. The summed E-state index contributed by atoms with van der Waals surface area (Å²) in [7, 11) is 0. The number of rotatable bonds is 7. The van der Waals surface area contributed by atoms with E-state index in [1.807, 2.05) is 0 Å². The van der Waals surface area contributed by atoms with E-state index < -0.39 is 0 Å². The fourth-order valence-corrected chi connectivity index (χ4v) is 3.48. The molecule has 2 aromatic rings. The Morgan fingerprint density at radius 1 is 1.12 bits per heavy atom. The van der Waals surface area contributed by atoms with Crippen molar-refractivity contribution in [2.45, 2.75) is 51.6 Å². The molecular weight excluding hydrogens is 294 g/mol. The lowest BCUT2D eigenvalue weighted by Gasteiger charge is -2.36. The first-order chi connectivity index (χ1) is 11.9. The van der Waals surface area contributed by atoms with Crippen LogP contribution in [0.2, 0.25) is 0 Å². The van der Waals surface area contributed by atoms with Crippen molar-refractivity contribution < 1.29 is 0 Å². The Bertz CT molecular complexity index is 594. The Hall–Kier alpha value is -1.87. The maximum atomic E-state index is 4.63. The zero-order valence-electron chi connectivity index (χ0n) is 14.7. The molecule has 0 saturated carbocycles. The monoisotopic (exact) mass is 323 g/mol. The summed E-state index contributed by atoms with van der Waals surface area (Å²) in [5.74, 6) is 0.998. The standard InChI is InChI=1S/C21H29N3/c1-2-3-14-22-21-13-12-19(16-23-21)20-11-7-8-15-24(20)17-18-9-5-4-6-10-18/h4-6,9-10,12-13,16,20H,2-3,7-8,11,14-15,17H2,1H3,(H,22,23)/t20-/m0/s1. The van der Waals surface area contributed by atoms with Crippen molar-refractivity contribution in [2.24, 2.45) is 0 Å². The fraction of sp³-hybridized carbons (Fsp3) is 0.476. The minimum absolute atomic E-state index is 0.496. The zero-order chi connectivity index (χ0) is 16.6. The van der Waals surface area contributed by atoms with Crippen molar-refractivity contribution in [1.29, 1.82) is 0 Å². The van der Waals surface area contributed by atoms with Crippen LogP contribution in [0.4, 0.5) is 5.82 Å². The van der Waals surface area contributed by atoms with Crippen LogP contribution in [0.25, 0.3) is 0 Å². The topological polar surface area (TPSA) is 28.2 Å². The normalized spacial score (nSPS) is 18.5. The van der Waals surface area contributed by atoms with Crippen LogP contribution in [-0.2, 0) is 6.54 Å². The van der Waals surface area contributed by atoms with Gasteiger partial charge < -0.3 is 5.32 Å². The molecule has 0 spiro atoms. The van der Waals surface area contributed by atoms with E-state index in [2.05, 4.69) is 70.8 Å². The summed E-state index contributed by atoms with van der Waals surface area (Å²) in [6.07, 6.45) is 8.32. The number of piperidine rings is 1. The van der Waals surface area contributed by atoms with Crippen LogP contribution in [0.3, 0.4) is 0 Å². The summed E-state index contributed by atoms with van der Waals surface area (Å²) in [5, 5.41) is 3.40. The van der Waals surface area contributed by atoms with Gasteiger partial charge in [-0.1, -0.05) is 56.2 Å². The van der Waals surface area contributed by atoms with E-state index in [-0.39, 0.29) is 0 Å². The molecule has 1 aromatic carbocycles. The van der Waals surface area contributed by atoms with E-state index >= 15 is 0 Å². The van der Waals surface area contributed by atoms with Crippen LogP contribution in [0.15, 0.2) is 48.7 Å². The van der Waals surface area contributed by atoms with Gasteiger partial charge in [0.15, 0.2) is 0 Å². The van der Waals surface area contributed by atoms with Gasteiger partial charge in [-0.25, -0.2) is 4.98 Å². The Kier molecular flexibility index (Phi) is 6.25. The molecule has 0 bridgehead atoms. The maximum Gasteiger partial charge on any atom is 0.125 e. The van der Waals surface area contributed by atoms with Gasteiger partial charge in [0, 0.05) is 25.3 Å². The first-order valence-corrected chi connectivity index (χ1v) is 9.34. The Morgan fingerprint density at radius 2 is 2.00 bits per heavy atom. The van der Waals surface area contributed by atoms with E-state index in [0.29, 0.717) is 6.04 Å². The number of hydrogen-bond donors (Lipinski definition) is 1. The third-order valence-corrected chi connectivity index (χ3v) is 4.85. The molecule has 24 heavy (non-hydrogen) atoms. The first kappa shape index (κ1) is 17.0. The molecule has 3 nitrogen and oxygen atoms in total. The fourth-order valence-electron chi connectivity index (χ4n) is 3.48. The van der Waals surface area contributed by atoms with Crippen molar-refractivity contribution in [3.63, 3.8) is 0 Å². The van der Waals surface area contributed by atoms with Gasteiger partial charge in [-0.2, -0.15) is 0 Å². The lowest BCUT2D eigenvalue weighted by atomic mass is 9.95. The predicted octanol–water partition coefficient (Wildman–Crippen LogP) is 5.02. The summed E-state index contributed by atoms with van der Waals surface area (Å²) in [4.78, 5) is 7.24. The molecule has 1 N–H and O–H groups in total. The molecule has 3 rings (SSSR count). The number of nitrogens with zero attached hydrogens (tertiary/aromatic N) is 2. The molecule has 1 atom stereocenters. The van der Waals surface area contributed by atoms with Gasteiger partial charge in [0.25, 0.3) is 0 Å². The molecule has 1 aliphatic rings. The van der Waals surface area contributed by atoms with Crippen LogP contribution in [0.1, 0.15) is 56.2 Å². The third-order valence-electron chi connectivity index (χ3n) is 4.85. The van der Waals surface area contributed by atoms with Crippen LogP contribution in [-0.4, -0.2) is 23.0 Å². The number of aromatic nitrogens is 1. The van der Waals surface area contributed by atoms with Gasteiger partial charge in [0.2, 0.25) is 0 Å². The third kappa shape index (κ3) is 4.57. The number of anilines is 1. The van der Waals surface area contributed by atoms with Crippen LogP contribution < -0.4 is 5.32 Å². The van der Waals surface area contributed by atoms with E-state index in [9.17, 15) is 0 Å². The van der Waals surface area contributed by atoms with E-state index in [4.69, 9.17) is 0 Å². The van der Waals surface area contributed by atoms with Gasteiger partial charge >= 0.3 is 0 Å². The number of hydrogen-bond acceptors (Lipinski definition) is 3. The summed E-state index contributed by atoms with van der Waals surface area (Å²) in [5.41, 5.74) is 2.75. The molecular formula is C21H29N3. The summed E-state index contributed by atoms with van der Waals surface area (Å²) in [6, 6.07) is 15.7. The highest BCUT2D eigenvalue weighted by Crippen LogP contribution is 2.32. The summed E-state index contributed by atoms with van der Waals surface area (Å²) in [6.45, 7) is 5.42. The second-order valence-electron chi connectivity index (χ2n) is 6.72. The molecule has 2 heterocycles. The number of pyridine rings is 1. The molecule has 1 aliphatic heterocycles. The van der Waals surface area contributed by atoms with E-state index in [0.717, 1.165) is 18.9 Å². The molecule has 128 valence electrons. The molecule has 0 aliphatic carbocycles. The van der Waals surface area contributed by atoms with Crippen molar-refractivity contribution >= 4 is 5.82 Å². The second-order valence-corrected chi connectivity index (χ2v) is 6.72. The highest BCUT2D eigenvalue weighted by atomic mass is 15.2. The van der Waals surface area contributed by atoms with Gasteiger partial charge in [0.1, 0.15) is 5.82 Å². The van der Waals surface area contributed by atoms with E-state index in [1.165, 1.54) is 49.8 Å². The summed E-state index contributed by atoms with van der Waals surface area (Å²) < 4.78 is 0. The van der Waals surface area contributed by atoms with Gasteiger partial charge in [-0.15, -0.1) is 0 Å². The maximum absolute atomic E-state index is 4.63. The lowest BCUT2D eigenvalue weighted by Crippen LogP contribution is -2.33. The van der Waals surface area contributed by atoms with Crippen LogP contribution in [0, 0.1) is 0 Å². The highest BCUT2D eigenvalue weighted by Gasteiger charge is 2.24. The lowest BCUT2D eigenvalue weighted by molar-refractivity contribution is 0.140. The zero-order valence-corrected chi connectivity index (χ0v) is 14.7. The minimum Gasteiger partial charge on any atom is -0.370 e. The molecule has 0 amide bonds. The van der Waals surface area contributed by atoms with Crippen molar-refractivity contribution in [2.75, 3.05) is 18.4 Å². The summed E-state index contributed by atoms with van der Waals surface area (Å²) >= 11 is 0. The SMILES string of the molecule is CCCCNc1ccc([C@@H]2CCCCN2Cc2ccccc2)cn1. The number of likely N-dealkylation sites (tertiary alicyclic amines) is 1. The molecule has 3 heteroatoms. The molecule has 1 fully saturated rings. The Balaban J connectivity index is 1.66. The predicted molar refractivity (Wildman–Crippen MR) is 101 cm³/mol. The van der Waals surface area contributed by atoms with Gasteiger partial charge in [-0.05, 0) is 43.0 Å². The molecule has 0 radical (unpaired) electrons. The van der Waals surface area contributed by atoms with E-state index in [1.54, 1.807) is 0 Å². The average Bonchev–Trinajstić information content (AvgIpc) is 2.64. The smallest absolute Gasteiger partial charge is 0.125 e. The Labute approximate surface area is 146 Å². The number of nitrogens with one attached hydrogen (secondary N) is 1. The second kappa shape index (κ2) is 8.84. The highest BCUT2D eigenvalue weighted by molar-refractivity contribution is 5.36. The molecule has 1 aromatic heterocycles. The number of benzene rings is 1. The first-order valence-electron chi connectivity index (χ1n) is 9.34. The number of unbranched alkanes of at least 4 members (excludes halogenated alkanes) is 1. The van der Waals surface area contributed by atoms with Crippen molar-refractivity contribution in [3.8, 4) is 0 Å². The van der Waals surface area contributed by atoms with Crippen LogP contribution in [0.5, 0.6) is 0 Å². The quantitative estimate of drug-likeness (QED) is 0.725. The van der Waals surface area contributed by atoms with Crippen molar-refractivity contribution in [3.05, 3.63) is 59.8 Å². The Morgan fingerprint density at radius 3 is 2.75 bits per heavy atom. The van der Waals surface area contributed by atoms with Gasteiger partial charge in [0.05, 0.1) is 0 Å². The average molecular weight is 323 g/mol. The van der Waals surface area contributed by atoms with Crippen LogP contribution >= 0.6 is 0 Å². The molecule has 0 unspecified atom stereocenters. The van der Waals surface area contributed by atoms with Crippen molar-refractivity contribution in [1.82, 2.24) is 9.88 Å². The minimum atomic E-state index is 0.496.